The van der Waals surface area contributed by atoms with Crippen LogP contribution < -0.4 is 4.72 Å². The highest BCUT2D eigenvalue weighted by Gasteiger charge is 2.24. The van der Waals surface area contributed by atoms with E-state index >= 15 is 0 Å². The van der Waals surface area contributed by atoms with Gasteiger partial charge in [-0.2, -0.15) is 0 Å². The summed E-state index contributed by atoms with van der Waals surface area (Å²) >= 11 is 0. The van der Waals surface area contributed by atoms with E-state index in [9.17, 15) is 18.0 Å². The van der Waals surface area contributed by atoms with Gasteiger partial charge in [-0.3, -0.25) is 9.59 Å². The number of hydrogen-bond acceptors (Lipinski definition) is 4. The van der Waals surface area contributed by atoms with Crippen molar-refractivity contribution in [3.63, 3.8) is 0 Å². The summed E-state index contributed by atoms with van der Waals surface area (Å²) in [6, 6.07) is 4.76. The molecule has 3 N–H and O–H groups in total. The van der Waals surface area contributed by atoms with Gasteiger partial charge >= 0.3 is 11.9 Å². The normalized spacial score (nSPS) is 12.9. The van der Waals surface area contributed by atoms with E-state index in [4.69, 9.17) is 10.2 Å². The summed E-state index contributed by atoms with van der Waals surface area (Å²) < 4.78 is 26.4. The van der Waals surface area contributed by atoms with Gasteiger partial charge in [0.1, 0.15) is 0 Å². The van der Waals surface area contributed by atoms with E-state index in [-0.39, 0.29) is 4.90 Å². The Morgan fingerprint density at radius 1 is 1.24 bits per heavy atom. The molecule has 0 amide bonds. The molecule has 1 aromatic rings. The molecular formula is C13H17NO6S. The van der Waals surface area contributed by atoms with Crippen molar-refractivity contribution < 1.29 is 28.2 Å². The highest BCUT2D eigenvalue weighted by molar-refractivity contribution is 7.89. The zero-order valence-electron chi connectivity index (χ0n) is 11.7. The Morgan fingerprint density at radius 2 is 1.86 bits per heavy atom. The second-order valence-corrected chi connectivity index (χ2v) is 6.49. The molecule has 0 saturated heterocycles. The van der Waals surface area contributed by atoms with Crippen LogP contribution in [0.2, 0.25) is 0 Å². The lowest BCUT2D eigenvalue weighted by Gasteiger charge is -2.13. The van der Waals surface area contributed by atoms with Gasteiger partial charge in [-0.25, -0.2) is 13.1 Å². The van der Waals surface area contributed by atoms with Crippen LogP contribution in [0.1, 0.15) is 17.5 Å². The summed E-state index contributed by atoms with van der Waals surface area (Å²) in [4.78, 5) is 21.5. The van der Waals surface area contributed by atoms with Crippen molar-refractivity contribution in [3.8, 4) is 0 Å². The highest BCUT2D eigenvalue weighted by Crippen LogP contribution is 2.16. The molecule has 0 radical (unpaired) electrons. The van der Waals surface area contributed by atoms with E-state index in [1.54, 1.807) is 19.1 Å². The molecule has 0 bridgehead atoms. The fourth-order valence-electron chi connectivity index (χ4n) is 1.85. The molecule has 0 aliphatic carbocycles. The number of carboxylic acid groups (broad SMARTS) is 2. The van der Waals surface area contributed by atoms with Crippen molar-refractivity contribution in [2.45, 2.75) is 25.2 Å². The minimum absolute atomic E-state index is 0.0487. The molecule has 1 rings (SSSR count). The van der Waals surface area contributed by atoms with Gasteiger partial charge in [0.2, 0.25) is 10.0 Å². The smallest absolute Gasteiger partial charge is 0.308 e. The summed E-state index contributed by atoms with van der Waals surface area (Å²) in [6.07, 6.45) is -0.648. The van der Waals surface area contributed by atoms with Crippen molar-refractivity contribution in [1.29, 1.82) is 0 Å². The van der Waals surface area contributed by atoms with Gasteiger partial charge in [-0.15, -0.1) is 0 Å². The first-order valence-electron chi connectivity index (χ1n) is 6.15. The predicted octanol–water partition coefficient (Wildman–Crippen LogP) is 0.757. The third-order valence-electron chi connectivity index (χ3n) is 2.91. The van der Waals surface area contributed by atoms with E-state index < -0.39 is 40.8 Å². The monoisotopic (exact) mass is 315 g/mol. The maximum atomic E-state index is 12.1. The van der Waals surface area contributed by atoms with E-state index in [2.05, 4.69) is 4.72 Å². The molecule has 1 atom stereocenters. The summed E-state index contributed by atoms with van der Waals surface area (Å²) in [6.45, 7) is 2.98. The predicted molar refractivity (Wildman–Crippen MR) is 74.5 cm³/mol. The van der Waals surface area contributed by atoms with Gasteiger partial charge < -0.3 is 10.2 Å². The summed E-state index contributed by atoms with van der Waals surface area (Å²) in [5, 5.41) is 17.5. The topological polar surface area (TPSA) is 121 Å². The molecule has 1 aromatic carbocycles. The average molecular weight is 315 g/mol. The molecule has 0 spiro atoms. The molecule has 0 aromatic heterocycles. The minimum atomic E-state index is -3.88. The van der Waals surface area contributed by atoms with Crippen LogP contribution in [-0.4, -0.2) is 37.1 Å². The summed E-state index contributed by atoms with van der Waals surface area (Å²) in [5.41, 5.74) is 1.44. The minimum Gasteiger partial charge on any atom is -0.481 e. The number of benzene rings is 1. The molecule has 21 heavy (non-hydrogen) atoms. The number of rotatable bonds is 7. The third kappa shape index (κ3) is 4.83. The molecule has 0 fully saturated rings. The summed E-state index contributed by atoms with van der Waals surface area (Å²) in [5.74, 6) is -3.98. The molecule has 0 heterocycles. The Kier molecular flexibility index (Phi) is 5.45. The molecule has 116 valence electrons. The number of sulfonamides is 1. The van der Waals surface area contributed by atoms with Crippen LogP contribution in [0, 0.1) is 19.8 Å². The van der Waals surface area contributed by atoms with E-state index in [1.165, 1.54) is 6.07 Å². The average Bonchev–Trinajstić information content (AvgIpc) is 2.33. The molecular weight excluding hydrogens is 298 g/mol. The van der Waals surface area contributed by atoms with Crippen LogP contribution in [0.4, 0.5) is 0 Å². The lowest BCUT2D eigenvalue weighted by molar-refractivity contribution is -0.147. The summed E-state index contributed by atoms with van der Waals surface area (Å²) in [7, 11) is -3.88. The van der Waals surface area contributed by atoms with Gasteiger partial charge in [0.05, 0.1) is 17.2 Å². The Labute approximate surface area is 122 Å². The lowest BCUT2D eigenvalue weighted by atomic mass is 10.1. The van der Waals surface area contributed by atoms with Crippen LogP contribution in [-0.2, 0) is 19.6 Å². The Morgan fingerprint density at radius 3 is 2.33 bits per heavy atom. The first-order valence-corrected chi connectivity index (χ1v) is 7.63. The first-order chi connectivity index (χ1) is 9.63. The molecule has 0 aliphatic heterocycles. The van der Waals surface area contributed by atoms with Gasteiger partial charge in [-0.05, 0) is 25.5 Å². The van der Waals surface area contributed by atoms with Crippen LogP contribution in [0.25, 0.3) is 0 Å². The van der Waals surface area contributed by atoms with E-state index in [1.807, 2.05) is 6.92 Å². The third-order valence-corrected chi connectivity index (χ3v) is 4.49. The highest BCUT2D eigenvalue weighted by atomic mass is 32.2. The standard InChI is InChI=1S/C13H17NO6S/c1-8-3-4-11(9(2)5-8)21(19,20)14-7-10(13(17)18)6-12(15)16/h3-5,10,14H,6-7H2,1-2H3,(H,15,16)(H,17,18). The maximum absolute atomic E-state index is 12.1. The zero-order valence-corrected chi connectivity index (χ0v) is 12.5. The number of carboxylic acids is 2. The van der Waals surface area contributed by atoms with Crippen LogP contribution in [0.15, 0.2) is 23.1 Å². The lowest BCUT2D eigenvalue weighted by Crippen LogP contribution is -2.34. The fraction of sp³-hybridized carbons (Fsp3) is 0.385. The van der Waals surface area contributed by atoms with Crippen LogP contribution in [0.3, 0.4) is 0 Å². The number of nitrogens with one attached hydrogen (secondary N) is 1. The van der Waals surface area contributed by atoms with Crippen molar-refractivity contribution in [3.05, 3.63) is 29.3 Å². The maximum Gasteiger partial charge on any atom is 0.308 e. The Balaban J connectivity index is 2.89. The Hall–Kier alpha value is -1.93. The largest absolute Gasteiger partial charge is 0.481 e. The number of hydrogen-bond donors (Lipinski definition) is 3. The SMILES string of the molecule is Cc1ccc(S(=O)(=O)NCC(CC(=O)O)C(=O)O)c(C)c1. The van der Waals surface area contributed by atoms with Crippen molar-refractivity contribution >= 4 is 22.0 Å². The second-order valence-electron chi connectivity index (χ2n) is 4.75. The van der Waals surface area contributed by atoms with Gasteiger partial charge in [0, 0.05) is 6.54 Å². The molecule has 1 unspecified atom stereocenters. The number of carbonyl (C=O) groups is 2. The van der Waals surface area contributed by atoms with Gasteiger partial charge in [0.25, 0.3) is 0 Å². The quantitative estimate of drug-likeness (QED) is 0.683. The number of aliphatic carboxylic acids is 2. The van der Waals surface area contributed by atoms with Gasteiger partial charge in [0.15, 0.2) is 0 Å². The van der Waals surface area contributed by atoms with Crippen molar-refractivity contribution in [2.75, 3.05) is 6.54 Å². The molecule has 7 nitrogen and oxygen atoms in total. The van der Waals surface area contributed by atoms with E-state index in [0.29, 0.717) is 5.56 Å². The number of aryl methyl sites for hydroxylation is 2. The van der Waals surface area contributed by atoms with Crippen molar-refractivity contribution in [1.82, 2.24) is 4.72 Å². The molecule has 8 heteroatoms. The van der Waals surface area contributed by atoms with Crippen molar-refractivity contribution in [2.24, 2.45) is 5.92 Å². The fourth-order valence-corrected chi connectivity index (χ4v) is 3.15. The first kappa shape index (κ1) is 17.1. The second kappa shape index (κ2) is 6.68. The zero-order chi connectivity index (χ0) is 16.2. The molecule has 0 aliphatic rings. The van der Waals surface area contributed by atoms with Crippen LogP contribution >= 0.6 is 0 Å². The molecule has 0 saturated carbocycles. The van der Waals surface area contributed by atoms with Crippen LogP contribution in [0.5, 0.6) is 0 Å². The Bertz CT molecular complexity index is 653. The van der Waals surface area contributed by atoms with Gasteiger partial charge in [-0.1, -0.05) is 17.7 Å². The van der Waals surface area contributed by atoms with E-state index in [0.717, 1.165) is 5.56 Å².